The zero-order chi connectivity index (χ0) is 15.2. The van der Waals surface area contributed by atoms with Gasteiger partial charge in [0, 0.05) is 38.8 Å². The van der Waals surface area contributed by atoms with E-state index in [1.807, 2.05) is 6.07 Å². The normalized spacial score (nSPS) is 14.2. The third-order valence-corrected chi connectivity index (χ3v) is 3.41. The van der Waals surface area contributed by atoms with Crippen LogP contribution in [0.4, 0.5) is 10.5 Å². The lowest BCUT2D eigenvalue weighted by molar-refractivity contribution is -0.116. The first-order valence-electron chi connectivity index (χ1n) is 6.90. The van der Waals surface area contributed by atoms with Crippen molar-refractivity contribution in [3.63, 3.8) is 0 Å². The first-order valence-corrected chi connectivity index (χ1v) is 6.90. The van der Waals surface area contributed by atoms with Crippen molar-refractivity contribution in [3.05, 3.63) is 29.8 Å². The zero-order valence-electron chi connectivity index (χ0n) is 12.0. The fourth-order valence-electron chi connectivity index (χ4n) is 2.23. The number of anilines is 1. The van der Waals surface area contributed by atoms with Crippen molar-refractivity contribution in [1.82, 2.24) is 9.80 Å². The second-order valence-corrected chi connectivity index (χ2v) is 5.04. The number of hydrogen-bond donors (Lipinski definition) is 1. The van der Waals surface area contributed by atoms with Crippen LogP contribution in [0.25, 0.3) is 0 Å². The smallest absolute Gasteiger partial charge is 0.319 e. The number of carbonyl (C=O) groups is 2. The first kappa shape index (κ1) is 14.9. The molecule has 1 aliphatic rings. The zero-order valence-corrected chi connectivity index (χ0v) is 12.0. The summed E-state index contributed by atoms with van der Waals surface area (Å²) in [5, 5.41) is 11.6. The highest BCUT2D eigenvalue weighted by Crippen LogP contribution is 2.11. The highest BCUT2D eigenvalue weighted by Gasteiger charge is 2.24. The largest absolute Gasteiger partial charge is 0.326 e. The van der Waals surface area contributed by atoms with Gasteiger partial charge in [-0.15, -0.1) is 0 Å². The summed E-state index contributed by atoms with van der Waals surface area (Å²) in [7, 11) is 1.78. The van der Waals surface area contributed by atoms with Gasteiger partial charge >= 0.3 is 6.03 Å². The van der Waals surface area contributed by atoms with Crippen LogP contribution in [-0.2, 0) is 4.79 Å². The molecule has 110 valence electrons. The number of nitriles is 1. The van der Waals surface area contributed by atoms with Gasteiger partial charge in [-0.25, -0.2) is 4.79 Å². The van der Waals surface area contributed by atoms with E-state index in [1.165, 1.54) is 0 Å². The Morgan fingerprint density at radius 1 is 1.43 bits per heavy atom. The molecule has 0 unspecified atom stereocenters. The van der Waals surface area contributed by atoms with Crippen LogP contribution in [-0.4, -0.2) is 48.4 Å². The summed E-state index contributed by atoms with van der Waals surface area (Å²) in [5.41, 5.74) is 1.13. The molecule has 1 aromatic rings. The predicted octanol–water partition coefficient (Wildman–Crippen LogP) is 1.64. The van der Waals surface area contributed by atoms with Gasteiger partial charge in [-0.2, -0.15) is 5.26 Å². The van der Waals surface area contributed by atoms with Crippen molar-refractivity contribution in [2.75, 3.05) is 32.0 Å². The quantitative estimate of drug-likeness (QED) is 0.894. The predicted molar refractivity (Wildman–Crippen MR) is 78.6 cm³/mol. The number of carbonyl (C=O) groups excluding carboxylic acids is 2. The Bertz CT molecular complexity index is 579. The van der Waals surface area contributed by atoms with Gasteiger partial charge in [0.05, 0.1) is 11.6 Å². The van der Waals surface area contributed by atoms with Crippen molar-refractivity contribution >= 4 is 17.6 Å². The molecule has 6 nitrogen and oxygen atoms in total. The number of nitrogens with zero attached hydrogens (tertiary/aromatic N) is 3. The molecule has 1 heterocycles. The molecular formula is C15H18N4O2. The van der Waals surface area contributed by atoms with Gasteiger partial charge in [0.25, 0.3) is 0 Å². The van der Waals surface area contributed by atoms with Crippen LogP contribution in [0.15, 0.2) is 24.3 Å². The summed E-state index contributed by atoms with van der Waals surface area (Å²) in [4.78, 5) is 26.9. The second-order valence-electron chi connectivity index (χ2n) is 5.04. The van der Waals surface area contributed by atoms with Crippen LogP contribution in [0.2, 0.25) is 0 Å². The Hall–Kier alpha value is -2.55. The molecule has 0 radical (unpaired) electrons. The lowest BCUT2D eigenvalue weighted by Crippen LogP contribution is -2.30. The molecule has 0 atom stereocenters. The van der Waals surface area contributed by atoms with E-state index < -0.39 is 0 Å². The van der Waals surface area contributed by atoms with Crippen LogP contribution >= 0.6 is 0 Å². The van der Waals surface area contributed by atoms with E-state index in [-0.39, 0.29) is 11.9 Å². The maximum Gasteiger partial charge on any atom is 0.319 e. The molecule has 0 bridgehead atoms. The lowest BCUT2D eigenvalue weighted by atomic mass is 10.2. The summed E-state index contributed by atoms with van der Waals surface area (Å²) in [6.45, 7) is 2.06. The molecule has 0 aliphatic carbocycles. The molecule has 1 aliphatic heterocycles. The highest BCUT2D eigenvalue weighted by atomic mass is 16.2. The standard InChI is InChI=1S/C15H18N4O2/c1-18-8-9-19(15(18)21)7-3-6-14(20)17-13-5-2-4-12(10-13)11-16/h2,4-5,10H,3,6-9H2,1H3,(H,17,20). The SMILES string of the molecule is CN1CCN(CCCC(=O)Nc2cccc(C#N)c2)C1=O. The molecule has 2 rings (SSSR count). The van der Waals surface area contributed by atoms with E-state index in [2.05, 4.69) is 5.32 Å². The van der Waals surface area contributed by atoms with E-state index in [0.29, 0.717) is 30.6 Å². The summed E-state index contributed by atoms with van der Waals surface area (Å²) in [6, 6.07) is 8.85. The van der Waals surface area contributed by atoms with E-state index >= 15 is 0 Å². The highest BCUT2D eigenvalue weighted by molar-refractivity contribution is 5.90. The molecule has 3 amide bonds. The fourth-order valence-corrected chi connectivity index (χ4v) is 2.23. The maximum absolute atomic E-state index is 11.8. The van der Waals surface area contributed by atoms with E-state index in [9.17, 15) is 9.59 Å². The molecule has 0 saturated carbocycles. The van der Waals surface area contributed by atoms with E-state index in [0.717, 1.165) is 13.1 Å². The number of urea groups is 1. The minimum Gasteiger partial charge on any atom is -0.326 e. The Kier molecular flexibility index (Phi) is 4.77. The number of benzene rings is 1. The summed E-state index contributed by atoms with van der Waals surface area (Å²) in [6.07, 6.45) is 0.980. The van der Waals surface area contributed by atoms with Gasteiger partial charge in [0.15, 0.2) is 0 Å². The third-order valence-electron chi connectivity index (χ3n) is 3.41. The van der Waals surface area contributed by atoms with Gasteiger partial charge in [0.2, 0.25) is 5.91 Å². The van der Waals surface area contributed by atoms with E-state index in [1.54, 1.807) is 41.1 Å². The lowest BCUT2D eigenvalue weighted by Gasteiger charge is -2.15. The molecule has 1 fully saturated rings. The molecule has 0 aromatic heterocycles. The van der Waals surface area contributed by atoms with Crippen molar-refractivity contribution in [1.29, 1.82) is 5.26 Å². The van der Waals surface area contributed by atoms with Gasteiger partial charge in [0.1, 0.15) is 0 Å². The topological polar surface area (TPSA) is 76.4 Å². The van der Waals surface area contributed by atoms with Crippen molar-refractivity contribution in [2.24, 2.45) is 0 Å². The van der Waals surface area contributed by atoms with E-state index in [4.69, 9.17) is 5.26 Å². The minimum absolute atomic E-state index is 0.0251. The van der Waals surface area contributed by atoms with Gasteiger partial charge in [-0.1, -0.05) is 6.07 Å². The second kappa shape index (κ2) is 6.75. The Labute approximate surface area is 123 Å². The minimum atomic E-state index is -0.106. The van der Waals surface area contributed by atoms with Crippen molar-refractivity contribution in [3.8, 4) is 6.07 Å². The summed E-state index contributed by atoms with van der Waals surface area (Å²) < 4.78 is 0. The molecule has 21 heavy (non-hydrogen) atoms. The molecular weight excluding hydrogens is 268 g/mol. The van der Waals surface area contributed by atoms with Gasteiger partial charge < -0.3 is 15.1 Å². The number of amides is 3. The fraction of sp³-hybridized carbons (Fsp3) is 0.400. The maximum atomic E-state index is 11.8. The molecule has 1 aromatic carbocycles. The first-order chi connectivity index (χ1) is 10.1. The van der Waals surface area contributed by atoms with Crippen LogP contribution in [0, 0.1) is 11.3 Å². The Morgan fingerprint density at radius 2 is 2.24 bits per heavy atom. The number of nitrogens with one attached hydrogen (secondary N) is 1. The van der Waals surface area contributed by atoms with Crippen LogP contribution < -0.4 is 5.32 Å². The van der Waals surface area contributed by atoms with Crippen LogP contribution in [0.5, 0.6) is 0 Å². The van der Waals surface area contributed by atoms with Crippen molar-refractivity contribution < 1.29 is 9.59 Å². The average Bonchev–Trinajstić information content (AvgIpc) is 2.79. The Balaban J connectivity index is 1.75. The number of likely N-dealkylation sites (N-methyl/N-ethyl adjacent to an activating group) is 1. The third kappa shape index (κ3) is 3.96. The molecule has 0 spiro atoms. The monoisotopic (exact) mass is 286 g/mol. The molecule has 1 N–H and O–H groups in total. The van der Waals surface area contributed by atoms with Gasteiger partial charge in [-0.05, 0) is 24.6 Å². The Morgan fingerprint density at radius 3 is 2.90 bits per heavy atom. The molecule has 1 saturated heterocycles. The van der Waals surface area contributed by atoms with Crippen LogP contribution in [0.1, 0.15) is 18.4 Å². The van der Waals surface area contributed by atoms with Crippen LogP contribution in [0.3, 0.4) is 0 Å². The average molecular weight is 286 g/mol. The number of rotatable bonds is 5. The molecule has 6 heteroatoms. The summed E-state index contributed by atoms with van der Waals surface area (Å²) in [5.74, 6) is -0.106. The van der Waals surface area contributed by atoms with Gasteiger partial charge in [-0.3, -0.25) is 4.79 Å². The summed E-state index contributed by atoms with van der Waals surface area (Å²) >= 11 is 0. The number of hydrogen-bond acceptors (Lipinski definition) is 3. The van der Waals surface area contributed by atoms with Crippen molar-refractivity contribution in [2.45, 2.75) is 12.8 Å².